The SMILES string of the molecule is CCC(CC#N)NC=O. The van der Waals surface area contributed by atoms with E-state index in [4.69, 9.17) is 5.26 Å². The first-order valence-electron chi connectivity index (χ1n) is 2.91. The molecule has 0 aromatic heterocycles. The maximum atomic E-state index is 9.83. The topological polar surface area (TPSA) is 52.9 Å². The lowest BCUT2D eigenvalue weighted by Gasteiger charge is -2.06. The molecule has 0 rings (SSSR count). The maximum Gasteiger partial charge on any atom is 0.207 e. The van der Waals surface area contributed by atoms with E-state index in [0.717, 1.165) is 6.42 Å². The van der Waals surface area contributed by atoms with Crippen molar-refractivity contribution < 1.29 is 4.79 Å². The monoisotopic (exact) mass is 126 g/mol. The Balaban J connectivity index is 3.43. The van der Waals surface area contributed by atoms with Crippen molar-refractivity contribution in [2.45, 2.75) is 25.8 Å². The molecule has 0 fully saturated rings. The van der Waals surface area contributed by atoms with Crippen LogP contribution in [-0.4, -0.2) is 12.5 Å². The summed E-state index contributed by atoms with van der Waals surface area (Å²) >= 11 is 0. The van der Waals surface area contributed by atoms with Crippen molar-refractivity contribution in [3.8, 4) is 6.07 Å². The lowest BCUT2D eigenvalue weighted by Crippen LogP contribution is -2.26. The molecule has 0 heterocycles. The van der Waals surface area contributed by atoms with E-state index in [0.29, 0.717) is 12.8 Å². The fourth-order valence-corrected chi connectivity index (χ4v) is 0.528. The Morgan fingerprint density at radius 1 is 1.89 bits per heavy atom. The quantitative estimate of drug-likeness (QED) is 0.555. The average molecular weight is 126 g/mol. The van der Waals surface area contributed by atoms with Crippen LogP contribution in [-0.2, 0) is 4.79 Å². The van der Waals surface area contributed by atoms with Gasteiger partial charge < -0.3 is 5.32 Å². The van der Waals surface area contributed by atoms with E-state index < -0.39 is 0 Å². The molecule has 3 heteroatoms. The standard InChI is InChI=1S/C6H10N2O/c1-2-6(3-4-7)8-5-9/h5-6H,2-3H2,1H3,(H,8,9). The number of rotatable bonds is 4. The summed E-state index contributed by atoms with van der Waals surface area (Å²) in [5.74, 6) is 0. The molecule has 0 aliphatic rings. The van der Waals surface area contributed by atoms with Crippen molar-refractivity contribution in [1.29, 1.82) is 5.26 Å². The van der Waals surface area contributed by atoms with E-state index in [-0.39, 0.29) is 6.04 Å². The molecule has 0 spiro atoms. The van der Waals surface area contributed by atoms with Crippen molar-refractivity contribution in [1.82, 2.24) is 5.32 Å². The van der Waals surface area contributed by atoms with Crippen LogP contribution in [0.3, 0.4) is 0 Å². The fourth-order valence-electron chi connectivity index (χ4n) is 0.528. The first-order valence-corrected chi connectivity index (χ1v) is 2.91. The summed E-state index contributed by atoms with van der Waals surface area (Å²) in [6, 6.07) is 2.02. The van der Waals surface area contributed by atoms with Gasteiger partial charge in [0.15, 0.2) is 0 Å². The van der Waals surface area contributed by atoms with Crippen molar-refractivity contribution in [3.63, 3.8) is 0 Å². The summed E-state index contributed by atoms with van der Waals surface area (Å²) in [4.78, 5) is 9.83. The molecule has 0 aliphatic heterocycles. The normalized spacial score (nSPS) is 11.6. The van der Waals surface area contributed by atoms with E-state index in [1.807, 2.05) is 13.0 Å². The number of amides is 1. The molecule has 50 valence electrons. The number of hydrogen-bond donors (Lipinski definition) is 1. The fraction of sp³-hybridized carbons (Fsp3) is 0.667. The Morgan fingerprint density at radius 2 is 2.56 bits per heavy atom. The lowest BCUT2D eigenvalue weighted by molar-refractivity contribution is -0.110. The summed E-state index contributed by atoms with van der Waals surface area (Å²) < 4.78 is 0. The molecular weight excluding hydrogens is 116 g/mol. The highest BCUT2D eigenvalue weighted by molar-refractivity contribution is 5.46. The van der Waals surface area contributed by atoms with Gasteiger partial charge in [-0.05, 0) is 6.42 Å². The van der Waals surface area contributed by atoms with Crippen LogP contribution in [0.1, 0.15) is 19.8 Å². The van der Waals surface area contributed by atoms with Crippen molar-refractivity contribution in [2.75, 3.05) is 0 Å². The van der Waals surface area contributed by atoms with E-state index >= 15 is 0 Å². The van der Waals surface area contributed by atoms with Crippen LogP contribution < -0.4 is 5.32 Å². The van der Waals surface area contributed by atoms with E-state index in [1.165, 1.54) is 0 Å². The zero-order valence-electron chi connectivity index (χ0n) is 5.42. The van der Waals surface area contributed by atoms with E-state index in [9.17, 15) is 4.79 Å². The Hall–Kier alpha value is -1.04. The molecule has 0 saturated heterocycles. The highest BCUT2D eigenvalue weighted by Gasteiger charge is 2.00. The molecule has 3 nitrogen and oxygen atoms in total. The average Bonchev–Trinajstić information content (AvgIpc) is 1.88. The van der Waals surface area contributed by atoms with Crippen molar-refractivity contribution >= 4 is 6.41 Å². The first-order chi connectivity index (χ1) is 4.35. The molecule has 0 bridgehead atoms. The number of nitrogens with zero attached hydrogens (tertiary/aromatic N) is 1. The number of nitriles is 1. The molecule has 1 N–H and O–H groups in total. The third-order valence-electron chi connectivity index (χ3n) is 1.13. The molecular formula is C6H10N2O. The van der Waals surface area contributed by atoms with Gasteiger partial charge in [0.05, 0.1) is 12.5 Å². The minimum atomic E-state index is 0.0347. The Bertz CT molecular complexity index is 117. The van der Waals surface area contributed by atoms with Gasteiger partial charge in [0.2, 0.25) is 6.41 Å². The molecule has 1 atom stereocenters. The Morgan fingerprint density at radius 3 is 2.89 bits per heavy atom. The largest absolute Gasteiger partial charge is 0.355 e. The molecule has 1 unspecified atom stereocenters. The van der Waals surface area contributed by atoms with Gasteiger partial charge in [0.1, 0.15) is 0 Å². The van der Waals surface area contributed by atoms with Gasteiger partial charge in [-0.1, -0.05) is 6.92 Å². The minimum absolute atomic E-state index is 0.0347. The zero-order chi connectivity index (χ0) is 7.11. The third-order valence-corrected chi connectivity index (χ3v) is 1.13. The molecule has 0 saturated carbocycles. The van der Waals surface area contributed by atoms with Crippen LogP contribution >= 0.6 is 0 Å². The van der Waals surface area contributed by atoms with Crippen LogP contribution in [0.25, 0.3) is 0 Å². The summed E-state index contributed by atoms with van der Waals surface area (Å²) in [5, 5.41) is 10.7. The maximum absolute atomic E-state index is 9.83. The highest BCUT2D eigenvalue weighted by atomic mass is 16.1. The lowest BCUT2D eigenvalue weighted by atomic mass is 10.2. The van der Waals surface area contributed by atoms with Crippen LogP contribution in [0.4, 0.5) is 0 Å². The van der Waals surface area contributed by atoms with Gasteiger partial charge >= 0.3 is 0 Å². The summed E-state index contributed by atoms with van der Waals surface area (Å²) in [7, 11) is 0. The highest BCUT2D eigenvalue weighted by Crippen LogP contribution is 1.92. The number of hydrogen-bond acceptors (Lipinski definition) is 2. The van der Waals surface area contributed by atoms with Gasteiger partial charge in [0, 0.05) is 6.04 Å². The molecule has 0 aromatic rings. The van der Waals surface area contributed by atoms with Crippen LogP contribution in [0, 0.1) is 11.3 Å². The van der Waals surface area contributed by atoms with Gasteiger partial charge in [0.25, 0.3) is 0 Å². The third kappa shape index (κ3) is 3.53. The zero-order valence-corrected chi connectivity index (χ0v) is 5.42. The Labute approximate surface area is 54.7 Å². The van der Waals surface area contributed by atoms with Crippen LogP contribution in [0.2, 0.25) is 0 Å². The minimum Gasteiger partial charge on any atom is -0.355 e. The number of carbonyl (C=O) groups excluding carboxylic acids is 1. The summed E-state index contributed by atoms with van der Waals surface area (Å²) in [5.41, 5.74) is 0. The smallest absolute Gasteiger partial charge is 0.207 e. The predicted molar refractivity (Wildman–Crippen MR) is 33.5 cm³/mol. The molecule has 1 amide bonds. The summed E-state index contributed by atoms with van der Waals surface area (Å²) in [6.45, 7) is 1.93. The van der Waals surface area contributed by atoms with Gasteiger partial charge in [-0.3, -0.25) is 4.79 Å². The van der Waals surface area contributed by atoms with Gasteiger partial charge in [-0.15, -0.1) is 0 Å². The van der Waals surface area contributed by atoms with Crippen molar-refractivity contribution in [3.05, 3.63) is 0 Å². The molecule has 0 aromatic carbocycles. The molecule has 9 heavy (non-hydrogen) atoms. The number of carbonyl (C=O) groups is 1. The van der Waals surface area contributed by atoms with Crippen molar-refractivity contribution in [2.24, 2.45) is 0 Å². The van der Waals surface area contributed by atoms with E-state index in [1.54, 1.807) is 0 Å². The second-order valence-corrected chi connectivity index (χ2v) is 1.75. The second kappa shape index (κ2) is 5.10. The molecule has 0 radical (unpaired) electrons. The number of nitrogens with one attached hydrogen (secondary N) is 1. The first kappa shape index (κ1) is 7.96. The van der Waals surface area contributed by atoms with E-state index in [2.05, 4.69) is 5.32 Å². The molecule has 0 aliphatic carbocycles. The van der Waals surface area contributed by atoms with Gasteiger partial charge in [-0.25, -0.2) is 0 Å². The van der Waals surface area contributed by atoms with Gasteiger partial charge in [-0.2, -0.15) is 5.26 Å². The predicted octanol–water partition coefficient (Wildman–Crippen LogP) is 0.425. The van der Waals surface area contributed by atoms with Crippen LogP contribution in [0.15, 0.2) is 0 Å². The second-order valence-electron chi connectivity index (χ2n) is 1.75. The Kier molecular flexibility index (Phi) is 4.51. The summed E-state index contributed by atoms with van der Waals surface area (Å²) in [6.07, 6.45) is 1.84. The van der Waals surface area contributed by atoms with Crippen LogP contribution in [0.5, 0.6) is 0 Å².